The predicted molar refractivity (Wildman–Crippen MR) is 79.6 cm³/mol. The normalized spacial score (nSPS) is 12.2. The molecule has 2 rings (SSSR count). The molecular formula is C14H17ClN4O. The number of aryl methyl sites for hydroxylation is 1. The standard InChI is InChI=1S/C14H17ClN4O/c1-3-19-13(12(16)8-17-19)14(20)18-9(2)10-5-4-6-11(15)7-10/h4-9H,3,16H2,1-2H3,(H,18,20). The van der Waals surface area contributed by atoms with Crippen LogP contribution in [0.2, 0.25) is 5.02 Å². The summed E-state index contributed by atoms with van der Waals surface area (Å²) in [6, 6.07) is 7.22. The van der Waals surface area contributed by atoms with E-state index in [4.69, 9.17) is 17.3 Å². The molecule has 1 atom stereocenters. The van der Waals surface area contributed by atoms with Crippen molar-refractivity contribution in [3.8, 4) is 0 Å². The fourth-order valence-electron chi connectivity index (χ4n) is 2.01. The first-order valence-corrected chi connectivity index (χ1v) is 6.78. The summed E-state index contributed by atoms with van der Waals surface area (Å²) in [5, 5.41) is 7.60. The van der Waals surface area contributed by atoms with E-state index in [1.807, 2.05) is 32.0 Å². The molecule has 106 valence electrons. The summed E-state index contributed by atoms with van der Waals surface area (Å²) in [6.45, 7) is 4.39. The highest BCUT2D eigenvalue weighted by atomic mass is 35.5. The second-order valence-electron chi connectivity index (χ2n) is 4.51. The van der Waals surface area contributed by atoms with Gasteiger partial charge in [0.25, 0.3) is 5.91 Å². The van der Waals surface area contributed by atoms with Gasteiger partial charge in [-0.25, -0.2) is 0 Å². The number of halogens is 1. The smallest absolute Gasteiger partial charge is 0.272 e. The Kier molecular flexibility index (Phi) is 4.29. The van der Waals surface area contributed by atoms with Crippen molar-refractivity contribution in [2.75, 3.05) is 5.73 Å². The van der Waals surface area contributed by atoms with E-state index in [0.29, 0.717) is 22.9 Å². The Balaban J connectivity index is 2.17. The van der Waals surface area contributed by atoms with Crippen LogP contribution < -0.4 is 11.1 Å². The molecule has 1 unspecified atom stereocenters. The molecule has 0 aliphatic carbocycles. The molecular weight excluding hydrogens is 276 g/mol. The zero-order valence-electron chi connectivity index (χ0n) is 11.4. The Hall–Kier alpha value is -2.01. The molecule has 0 saturated heterocycles. The molecule has 1 amide bonds. The van der Waals surface area contributed by atoms with Gasteiger partial charge in [-0.3, -0.25) is 9.48 Å². The molecule has 3 N–H and O–H groups in total. The van der Waals surface area contributed by atoms with Crippen LogP contribution in [0.25, 0.3) is 0 Å². The Labute approximate surface area is 122 Å². The van der Waals surface area contributed by atoms with Crippen LogP contribution in [-0.4, -0.2) is 15.7 Å². The average Bonchev–Trinajstić information content (AvgIpc) is 2.79. The lowest BCUT2D eigenvalue weighted by atomic mass is 10.1. The Bertz CT molecular complexity index is 623. The average molecular weight is 293 g/mol. The van der Waals surface area contributed by atoms with Crippen molar-refractivity contribution in [2.24, 2.45) is 0 Å². The number of carbonyl (C=O) groups is 1. The topological polar surface area (TPSA) is 72.9 Å². The zero-order valence-corrected chi connectivity index (χ0v) is 12.2. The summed E-state index contributed by atoms with van der Waals surface area (Å²) in [5.74, 6) is -0.241. The number of hydrogen-bond donors (Lipinski definition) is 2. The minimum absolute atomic E-state index is 0.166. The first kappa shape index (κ1) is 14.4. The monoisotopic (exact) mass is 292 g/mol. The van der Waals surface area contributed by atoms with Crippen molar-refractivity contribution >= 4 is 23.2 Å². The van der Waals surface area contributed by atoms with Gasteiger partial charge in [-0.2, -0.15) is 5.10 Å². The van der Waals surface area contributed by atoms with Crippen LogP contribution in [0.1, 0.15) is 35.9 Å². The van der Waals surface area contributed by atoms with E-state index in [1.165, 1.54) is 6.20 Å². The third-order valence-electron chi connectivity index (χ3n) is 3.08. The molecule has 5 nitrogen and oxygen atoms in total. The van der Waals surface area contributed by atoms with E-state index in [-0.39, 0.29) is 11.9 Å². The van der Waals surface area contributed by atoms with Gasteiger partial charge in [-0.15, -0.1) is 0 Å². The number of hydrogen-bond acceptors (Lipinski definition) is 3. The van der Waals surface area contributed by atoms with Crippen molar-refractivity contribution in [1.29, 1.82) is 0 Å². The number of amides is 1. The minimum Gasteiger partial charge on any atom is -0.396 e. The SMILES string of the molecule is CCn1ncc(N)c1C(=O)NC(C)c1cccc(Cl)c1. The number of nitrogens with one attached hydrogen (secondary N) is 1. The number of nitrogen functional groups attached to an aromatic ring is 1. The van der Waals surface area contributed by atoms with Crippen molar-refractivity contribution in [1.82, 2.24) is 15.1 Å². The minimum atomic E-state index is -0.241. The first-order valence-electron chi connectivity index (χ1n) is 6.40. The van der Waals surface area contributed by atoms with E-state index in [0.717, 1.165) is 5.56 Å². The van der Waals surface area contributed by atoms with Gasteiger partial charge in [0, 0.05) is 11.6 Å². The molecule has 1 heterocycles. The van der Waals surface area contributed by atoms with Crippen LogP contribution >= 0.6 is 11.6 Å². The zero-order chi connectivity index (χ0) is 14.7. The molecule has 0 bridgehead atoms. The van der Waals surface area contributed by atoms with Crippen LogP contribution in [0.3, 0.4) is 0 Å². The molecule has 0 aliphatic rings. The summed E-state index contributed by atoms with van der Waals surface area (Å²) in [5.41, 5.74) is 7.50. The summed E-state index contributed by atoms with van der Waals surface area (Å²) < 4.78 is 1.58. The van der Waals surface area contributed by atoms with Gasteiger partial charge in [0.2, 0.25) is 0 Å². The number of nitrogens with two attached hydrogens (primary N) is 1. The fraction of sp³-hybridized carbons (Fsp3) is 0.286. The van der Waals surface area contributed by atoms with Gasteiger partial charge in [0.15, 0.2) is 0 Å². The highest BCUT2D eigenvalue weighted by Crippen LogP contribution is 2.19. The number of nitrogens with zero attached hydrogens (tertiary/aromatic N) is 2. The van der Waals surface area contributed by atoms with Crippen LogP contribution in [0.4, 0.5) is 5.69 Å². The molecule has 1 aromatic heterocycles. The predicted octanol–water partition coefficient (Wildman–Crippen LogP) is 2.63. The van der Waals surface area contributed by atoms with Crippen molar-refractivity contribution in [3.63, 3.8) is 0 Å². The molecule has 0 spiro atoms. The first-order chi connectivity index (χ1) is 9.52. The van der Waals surface area contributed by atoms with Crippen molar-refractivity contribution in [3.05, 3.63) is 46.7 Å². The Morgan fingerprint density at radius 3 is 2.95 bits per heavy atom. The summed E-state index contributed by atoms with van der Waals surface area (Å²) in [7, 11) is 0. The van der Waals surface area contributed by atoms with E-state index in [2.05, 4.69) is 10.4 Å². The molecule has 0 radical (unpaired) electrons. The Morgan fingerprint density at radius 2 is 2.30 bits per heavy atom. The maximum Gasteiger partial charge on any atom is 0.272 e. The van der Waals surface area contributed by atoms with Crippen LogP contribution in [0, 0.1) is 0 Å². The molecule has 0 saturated carbocycles. The number of carbonyl (C=O) groups excluding carboxylic acids is 1. The van der Waals surface area contributed by atoms with Crippen LogP contribution in [0.15, 0.2) is 30.5 Å². The second-order valence-corrected chi connectivity index (χ2v) is 4.95. The lowest BCUT2D eigenvalue weighted by Gasteiger charge is -2.15. The maximum atomic E-state index is 12.3. The molecule has 2 aromatic rings. The van der Waals surface area contributed by atoms with Crippen molar-refractivity contribution < 1.29 is 4.79 Å². The summed E-state index contributed by atoms with van der Waals surface area (Å²) in [6.07, 6.45) is 1.49. The van der Waals surface area contributed by atoms with Gasteiger partial charge < -0.3 is 11.1 Å². The number of aromatic nitrogens is 2. The fourth-order valence-corrected chi connectivity index (χ4v) is 2.21. The largest absolute Gasteiger partial charge is 0.396 e. The van der Waals surface area contributed by atoms with E-state index in [1.54, 1.807) is 10.7 Å². The van der Waals surface area contributed by atoms with E-state index in [9.17, 15) is 4.79 Å². The summed E-state index contributed by atoms with van der Waals surface area (Å²) >= 11 is 5.95. The quantitative estimate of drug-likeness (QED) is 0.910. The van der Waals surface area contributed by atoms with Gasteiger partial charge in [0.1, 0.15) is 5.69 Å². The van der Waals surface area contributed by atoms with Crippen LogP contribution in [-0.2, 0) is 6.54 Å². The lowest BCUT2D eigenvalue weighted by molar-refractivity contribution is 0.0930. The van der Waals surface area contributed by atoms with Gasteiger partial charge in [-0.05, 0) is 31.5 Å². The van der Waals surface area contributed by atoms with Gasteiger partial charge >= 0.3 is 0 Å². The number of rotatable bonds is 4. The molecule has 0 aliphatic heterocycles. The maximum absolute atomic E-state index is 12.3. The third kappa shape index (κ3) is 2.93. The van der Waals surface area contributed by atoms with Gasteiger partial charge in [0.05, 0.1) is 17.9 Å². The molecule has 0 fully saturated rings. The van der Waals surface area contributed by atoms with Crippen LogP contribution in [0.5, 0.6) is 0 Å². The van der Waals surface area contributed by atoms with Crippen molar-refractivity contribution in [2.45, 2.75) is 26.4 Å². The summed E-state index contributed by atoms with van der Waals surface area (Å²) in [4.78, 5) is 12.3. The molecule has 20 heavy (non-hydrogen) atoms. The second kappa shape index (κ2) is 5.96. The highest BCUT2D eigenvalue weighted by molar-refractivity contribution is 6.30. The highest BCUT2D eigenvalue weighted by Gasteiger charge is 2.18. The third-order valence-corrected chi connectivity index (χ3v) is 3.31. The van der Waals surface area contributed by atoms with E-state index >= 15 is 0 Å². The number of benzene rings is 1. The molecule has 1 aromatic carbocycles. The van der Waals surface area contributed by atoms with E-state index < -0.39 is 0 Å². The lowest BCUT2D eigenvalue weighted by Crippen LogP contribution is -2.29. The Morgan fingerprint density at radius 1 is 1.55 bits per heavy atom. The van der Waals surface area contributed by atoms with Gasteiger partial charge in [-0.1, -0.05) is 23.7 Å². The molecule has 6 heteroatoms. The number of anilines is 1.